The fourth-order valence-corrected chi connectivity index (χ4v) is 3.75. The molecule has 0 radical (unpaired) electrons. The highest BCUT2D eigenvalue weighted by atomic mass is 32.2. The molecule has 3 heteroatoms. The zero-order chi connectivity index (χ0) is 13.7. The van der Waals surface area contributed by atoms with Crippen LogP contribution in [0.5, 0.6) is 5.75 Å². The van der Waals surface area contributed by atoms with Crippen LogP contribution in [0.15, 0.2) is 18.2 Å². The molecule has 0 bridgehead atoms. The monoisotopic (exact) mass is 278 g/mol. The van der Waals surface area contributed by atoms with E-state index in [1.54, 1.807) is 7.11 Å². The Bertz CT molecular complexity index is 436. The molecule has 1 saturated carbocycles. The van der Waals surface area contributed by atoms with E-state index in [0.29, 0.717) is 16.8 Å². The number of hydrogen-bond donors (Lipinski definition) is 0. The fourth-order valence-electron chi connectivity index (χ4n) is 2.54. The zero-order valence-electron chi connectivity index (χ0n) is 11.8. The zero-order valence-corrected chi connectivity index (χ0v) is 12.6. The lowest BCUT2D eigenvalue weighted by atomic mass is 10.0. The third kappa shape index (κ3) is 4.00. The topological polar surface area (TPSA) is 26.3 Å². The maximum atomic E-state index is 12.3. The first-order valence-corrected chi connectivity index (χ1v) is 8.05. The fraction of sp³-hybridized carbons (Fsp3) is 0.562. The van der Waals surface area contributed by atoms with Crippen LogP contribution in [-0.4, -0.2) is 23.9 Å². The molecule has 0 spiro atoms. The van der Waals surface area contributed by atoms with Gasteiger partial charge in [-0.3, -0.25) is 4.79 Å². The SMILES string of the molecule is COc1ccc(C)cc1C(=O)CSC1CCCCC1. The Labute approximate surface area is 119 Å². The summed E-state index contributed by atoms with van der Waals surface area (Å²) in [6, 6.07) is 5.79. The van der Waals surface area contributed by atoms with Gasteiger partial charge in [-0.15, -0.1) is 0 Å². The average Bonchev–Trinajstić information content (AvgIpc) is 2.46. The van der Waals surface area contributed by atoms with Gasteiger partial charge in [0.2, 0.25) is 0 Å². The molecule has 0 aliphatic heterocycles. The van der Waals surface area contributed by atoms with Crippen LogP contribution in [0.4, 0.5) is 0 Å². The molecular weight excluding hydrogens is 256 g/mol. The summed E-state index contributed by atoms with van der Waals surface area (Å²) in [6.45, 7) is 2.00. The predicted molar refractivity (Wildman–Crippen MR) is 81.4 cm³/mol. The molecule has 1 aromatic rings. The summed E-state index contributed by atoms with van der Waals surface area (Å²) in [6.07, 6.45) is 6.53. The number of benzene rings is 1. The van der Waals surface area contributed by atoms with Crippen molar-refractivity contribution in [2.24, 2.45) is 0 Å². The van der Waals surface area contributed by atoms with E-state index in [9.17, 15) is 4.79 Å². The van der Waals surface area contributed by atoms with Crippen molar-refractivity contribution >= 4 is 17.5 Å². The van der Waals surface area contributed by atoms with Crippen LogP contribution in [0.1, 0.15) is 48.0 Å². The van der Waals surface area contributed by atoms with Gasteiger partial charge in [0.05, 0.1) is 18.4 Å². The number of rotatable bonds is 5. The van der Waals surface area contributed by atoms with Crippen LogP contribution in [0, 0.1) is 6.92 Å². The van der Waals surface area contributed by atoms with Crippen LogP contribution in [0.25, 0.3) is 0 Å². The van der Waals surface area contributed by atoms with E-state index in [0.717, 1.165) is 11.1 Å². The molecule has 1 aliphatic rings. The molecule has 2 rings (SSSR count). The van der Waals surface area contributed by atoms with Gasteiger partial charge < -0.3 is 4.74 Å². The van der Waals surface area contributed by atoms with Crippen molar-refractivity contribution in [3.05, 3.63) is 29.3 Å². The van der Waals surface area contributed by atoms with Gasteiger partial charge in [0.25, 0.3) is 0 Å². The molecule has 104 valence electrons. The minimum absolute atomic E-state index is 0.191. The predicted octanol–water partition coefficient (Wildman–Crippen LogP) is 4.25. The number of carbonyl (C=O) groups is 1. The second-order valence-corrected chi connectivity index (χ2v) is 6.49. The molecule has 19 heavy (non-hydrogen) atoms. The van der Waals surface area contributed by atoms with E-state index in [4.69, 9.17) is 4.74 Å². The molecule has 0 N–H and O–H groups in total. The van der Waals surface area contributed by atoms with E-state index in [1.165, 1.54) is 32.1 Å². The standard InChI is InChI=1S/C16H22O2S/c1-12-8-9-16(18-2)14(10-12)15(17)11-19-13-6-4-3-5-7-13/h8-10,13H,3-7,11H2,1-2H3. The van der Waals surface area contributed by atoms with Crippen molar-refractivity contribution in [1.82, 2.24) is 0 Å². The molecule has 1 fully saturated rings. The third-order valence-electron chi connectivity index (χ3n) is 3.66. The molecule has 2 nitrogen and oxygen atoms in total. The summed E-state index contributed by atoms with van der Waals surface area (Å²) in [4.78, 5) is 12.3. The Balaban J connectivity index is 1.97. The summed E-state index contributed by atoms with van der Waals surface area (Å²) in [5.74, 6) is 1.46. The van der Waals surface area contributed by atoms with Crippen molar-refractivity contribution in [1.29, 1.82) is 0 Å². The highest BCUT2D eigenvalue weighted by Gasteiger charge is 2.18. The van der Waals surface area contributed by atoms with E-state index >= 15 is 0 Å². The maximum absolute atomic E-state index is 12.3. The lowest BCUT2D eigenvalue weighted by Crippen LogP contribution is -2.13. The van der Waals surface area contributed by atoms with Gasteiger partial charge in [-0.25, -0.2) is 0 Å². The molecule has 0 saturated heterocycles. The quantitative estimate of drug-likeness (QED) is 0.753. The number of hydrogen-bond acceptors (Lipinski definition) is 3. The first-order valence-electron chi connectivity index (χ1n) is 7.00. The van der Waals surface area contributed by atoms with Crippen molar-refractivity contribution in [2.45, 2.75) is 44.3 Å². The third-order valence-corrected chi connectivity index (χ3v) is 5.03. The first-order chi connectivity index (χ1) is 9.20. The minimum atomic E-state index is 0.191. The number of Topliss-reactive ketones (excluding diaryl/α,β-unsaturated/α-hetero) is 1. The first kappa shape index (κ1) is 14.4. The van der Waals surface area contributed by atoms with Gasteiger partial charge in [-0.05, 0) is 31.9 Å². The number of ketones is 1. The Kier molecular flexibility index (Phi) is 5.32. The highest BCUT2D eigenvalue weighted by Crippen LogP contribution is 2.29. The highest BCUT2D eigenvalue weighted by molar-refractivity contribution is 8.00. The Morgan fingerprint density at radius 2 is 2.05 bits per heavy atom. The van der Waals surface area contributed by atoms with Gasteiger partial charge in [-0.1, -0.05) is 30.9 Å². The van der Waals surface area contributed by atoms with Crippen LogP contribution >= 0.6 is 11.8 Å². The van der Waals surface area contributed by atoms with Crippen LogP contribution < -0.4 is 4.74 Å². The van der Waals surface area contributed by atoms with Gasteiger partial charge in [-0.2, -0.15) is 11.8 Å². The number of ether oxygens (including phenoxy) is 1. The number of thioether (sulfide) groups is 1. The van der Waals surface area contributed by atoms with Gasteiger partial charge in [0, 0.05) is 5.25 Å². The van der Waals surface area contributed by atoms with E-state index in [-0.39, 0.29) is 5.78 Å². The second kappa shape index (κ2) is 6.99. The molecular formula is C16H22O2S. The van der Waals surface area contributed by atoms with Crippen molar-refractivity contribution < 1.29 is 9.53 Å². The molecule has 0 atom stereocenters. The Morgan fingerprint density at radius 3 is 2.74 bits per heavy atom. The van der Waals surface area contributed by atoms with Crippen LogP contribution in [0.3, 0.4) is 0 Å². The van der Waals surface area contributed by atoms with Crippen LogP contribution in [0.2, 0.25) is 0 Å². The minimum Gasteiger partial charge on any atom is -0.496 e. The Hall–Kier alpha value is -0.960. The maximum Gasteiger partial charge on any atom is 0.176 e. The molecule has 0 heterocycles. The van der Waals surface area contributed by atoms with Crippen molar-refractivity contribution in [2.75, 3.05) is 12.9 Å². The molecule has 1 aliphatic carbocycles. The van der Waals surface area contributed by atoms with Crippen molar-refractivity contribution in [3.63, 3.8) is 0 Å². The molecule has 0 amide bonds. The lowest BCUT2D eigenvalue weighted by molar-refractivity contribution is 0.101. The summed E-state index contributed by atoms with van der Waals surface area (Å²) in [5, 5.41) is 0.675. The summed E-state index contributed by atoms with van der Waals surface area (Å²) < 4.78 is 5.28. The normalized spacial score (nSPS) is 16.3. The summed E-state index contributed by atoms with van der Waals surface area (Å²) in [7, 11) is 1.62. The van der Waals surface area contributed by atoms with Crippen molar-refractivity contribution in [3.8, 4) is 5.75 Å². The average molecular weight is 278 g/mol. The molecule has 0 unspecified atom stereocenters. The summed E-state index contributed by atoms with van der Waals surface area (Å²) >= 11 is 1.82. The molecule has 1 aromatic carbocycles. The van der Waals surface area contributed by atoms with Gasteiger partial charge in [0.15, 0.2) is 5.78 Å². The molecule has 0 aromatic heterocycles. The second-order valence-electron chi connectivity index (χ2n) is 5.20. The largest absolute Gasteiger partial charge is 0.496 e. The number of carbonyl (C=O) groups excluding carboxylic acids is 1. The number of methoxy groups -OCH3 is 1. The summed E-state index contributed by atoms with van der Waals surface area (Å²) in [5.41, 5.74) is 1.83. The lowest BCUT2D eigenvalue weighted by Gasteiger charge is -2.20. The number of aryl methyl sites for hydroxylation is 1. The van der Waals surface area contributed by atoms with Gasteiger partial charge >= 0.3 is 0 Å². The van der Waals surface area contributed by atoms with Gasteiger partial charge in [0.1, 0.15) is 5.75 Å². The Morgan fingerprint density at radius 1 is 1.32 bits per heavy atom. The van der Waals surface area contributed by atoms with E-state index in [1.807, 2.05) is 36.9 Å². The van der Waals surface area contributed by atoms with E-state index < -0.39 is 0 Å². The van der Waals surface area contributed by atoms with E-state index in [2.05, 4.69) is 0 Å². The van der Waals surface area contributed by atoms with Crippen LogP contribution in [-0.2, 0) is 0 Å². The smallest absolute Gasteiger partial charge is 0.176 e.